The lowest BCUT2D eigenvalue weighted by Gasteiger charge is -2.30. The quantitative estimate of drug-likeness (QED) is 0.157. The molecule has 1 heterocycles. The van der Waals surface area contributed by atoms with Crippen LogP contribution in [0.5, 0.6) is 0 Å². The largest absolute Gasteiger partial charge is 0.461 e. The molecule has 3 aliphatic carbocycles. The van der Waals surface area contributed by atoms with E-state index >= 15 is 0 Å². The number of carbonyl (C=O) groups is 5. The predicted octanol–water partition coefficient (Wildman–Crippen LogP) is 3.64. The van der Waals surface area contributed by atoms with Crippen LogP contribution in [0, 0.1) is 29.1 Å². The molecule has 0 aromatic rings. The van der Waals surface area contributed by atoms with Crippen molar-refractivity contribution in [2.45, 2.75) is 111 Å². The smallest absolute Gasteiger partial charge is 0.334 e. The van der Waals surface area contributed by atoms with Gasteiger partial charge in [-0.15, -0.1) is 0 Å². The van der Waals surface area contributed by atoms with Crippen molar-refractivity contribution < 1.29 is 47.7 Å². The molecule has 10 heteroatoms. The number of allylic oxidation sites excluding steroid dienone is 1. The van der Waals surface area contributed by atoms with Gasteiger partial charge in [0.15, 0.2) is 23.1 Å². The third kappa shape index (κ3) is 4.91. The highest BCUT2D eigenvalue weighted by atomic mass is 16.7. The molecule has 4 rings (SSSR count). The zero-order valence-electron chi connectivity index (χ0n) is 25.6. The Morgan fingerprint density at radius 1 is 0.902 bits per heavy atom. The summed E-state index contributed by atoms with van der Waals surface area (Å²) in [6.07, 6.45) is -0.0243. The Labute approximate surface area is 241 Å². The van der Waals surface area contributed by atoms with Gasteiger partial charge >= 0.3 is 23.9 Å². The van der Waals surface area contributed by atoms with E-state index < -0.39 is 82.7 Å². The molecule has 1 aliphatic heterocycles. The van der Waals surface area contributed by atoms with E-state index in [1.165, 1.54) is 20.8 Å². The zero-order valence-corrected chi connectivity index (χ0v) is 25.6. The van der Waals surface area contributed by atoms with Crippen LogP contribution in [0.3, 0.4) is 0 Å². The molecule has 0 bridgehead atoms. The first kappa shape index (κ1) is 30.9. The first-order valence-corrected chi connectivity index (χ1v) is 14.2. The second-order valence-electron chi connectivity index (χ2n) is 12.8. The minimum atomic E-state index is -1.32. The van der Waals surface area contributed by atoms with Crippen molar-refractivity contribution in [1.82, 2.24) is 0 Å². The van der Waals surface area contributed by atoms with E-state index in [2.05, 4.69) is 0 Å². The molecule has 0 amide bonds. The Bertz CT molecular complexity index is 1230. The summed E-state index contributed by atoms with van der Waals surface area (Å²) < 4.78 is 29.9. The maximum absolute atomic E-state index is 14.3. The van der Waals surface area contributed by atoms with Crippen LogP contribution in [-0.2, 0) is 47.7 Å². The maximum Gasteiger partial charge on any atom is 0.334 e. The molecule has 0 aromatic heterocycles. The van der Waals surface area contributed by atoms with Crippen molar-refractivity contribution in [2.75, 3.05) is 0 Å². The average molecular weight is 575 g/mol. The average Bonchev–Trinajstić information content (AvgIpc) is 3.66. The Kier molecular flexibility index (Phi) is 7.82. The van der Waals surface area contributed by atoms with Gasteiger partial charge in [-0.3, -0.25) is 19.2 Å². The van der Waals surface area contributed by atoms with Crippen molar-refractivity contribution in [1.29, 1.82) is 0 Å². The van der Waals surface area contributed by atoms with Gasteiger partial charge in [-0.2, -0.15) is 0 Å². The van der Waals surface area contributed by atoms with E-state index in [4.69, 9.17) is 23.7 Å². The first-order valence-electron chi connectivity index (χ1n) is 14.2. The highest BCUT2D eigenvalue weighted by Gasteiger charge is 2.84. The molecule has 10 nitrogen and oxygen atoms in total. The van der Waals surface area contributed by atoms with Crippen LogP contribution in [0.1, 0.15) is 75.7 Å². The molecule has 3 fully saturated rings. The Morgan fingerprint density at radius 2 is 1.44 bits per heavy atom. The minimum Gasteiger partial charge on any atom is -0.461 e. The first-order chi connectivity index (χ1) is 18.9. The number of ketones is 1. The summed E-state index contributed by atoms with van der Waals surface area (Å²) in [6, 6.07) is 0. The number of rotatable bonds is 5. The number of ether oxygens (including phenoxy) is 5. The molecular weight excluding hydrogens is 532 g/mol. The lowest BCUT2D eigenvalue weighted by molar-refractivity contribution is -0.165. The van der Waals surface area contributed by atoms with Gasteiger partial charge in [0.1, 0.15) is 18.3 Å². The molecule has 1 saturated heterocycles. The van der Waals surface area contributed by atoms with Crippen LogP contribution in [-0.4, -0.2) is 65.3 Å². The number of carbonyl (C=O) groups excluding carboxylic acids is 5. The third-order valence-electron chi connectivity index (χ3n) is 9.57. The topological polar surface area (TPSA) is 135 Å². The van der Waals surface area contributed by atoms with Crippen LogP contribution in [0.15, 0.2) is 23.3 Å². The standard InChI is InChI=1S/C31H42O10/c1-11-14(2)28(36)40-23-15(3)12-31-27(39-20(8)34)16(4)13-30(31,41-31)26(35)17(5)24(37-18(6)32)21-22(29(21,9)10)25(23)38-19(7)33/h11-12,16-17,21-25,27H,13H2,1-10H3/b14-11+,15-12+/t16-,17+,21-,22+,23+,24-,25?,27-,30-,31-/m0/s1. The summed E-state index contributed by atoms with van der Waals surface area (Å²) >= 11 is 0. The Hall–Kier alpha value is -3.01. The number of fused-ring (bicyclic) bond motifs is 1. The fraction of sp³-hybridized carbons (Fsp3) is 0.710. The summed E-state index contributed by atoms with van der Waals surface area (Å²) in [7, 11) is 0. The van der Waals surface area contributed by atoms with E-state index in [0.717, 1.165) is 0 Å². The molecule has 2 saturated carbocycles. The monoisotopic (exact) mass is 574 g/mol. The number of hydrogen-bond donors (Lipinski definition) is 0. The molecule has 0 radical (unpaired) electrons. The van der Waals surface area contributed by atoms with E-state index in [9.17, 15) is 24.0 Å². The van der Waals surface area contributed by atoms with Crippen molar-refractivity contribution in [3.8, 4) is 0 Å². The highest BCUT2D eigenvalue weighted by molar-refractivity contribution is 5.96. The molecule has 0 N–H and O–H groups in total. The number of hydrogen-bond acceptors (Lipinski definition) is 10. The van der Waals surface area contributed by atoms with E-state index in [1.54, 1.807) is 39.8 Å². The molecule has 10 atom stereocenters. The summed E-state index contributed by atoms with van der Waals surface area (Å²) in [6.45, 7) is 16.5. The van der Waals surface area contributed by atoms with Crippen LogP contribution >= 0.6 is 0 Å². The molecule has 0 aromatic carbocycles. The SMILES string of the molecule is C/C=C(\C)C(=O)O[C@@H]1/C(C)=C/[C@@]23O[C@@]2(C[C@H](C)[C@@H]3OC(C)=O)C(=O)[C@H](C)[C@H](OC(C)=O)[C@@H]2[C@H](C1OC(C)=O)C2(C)C. The fourth-order valence-corrected chi connectivity index (χ4v) is 7.54. The van der Waals surface area contributed by atoms with Gasteiger partial charge < -0.3 is 23.7 Å². The van der Waals surface area contributed by atoms with Crippen LogP contribution < -0.4 is 0 Å². The Balaban J connectivity index is 1.95. The van der Waals surface area contributed by atoms with Gasteiger partial charge in [-0.05, 0) is 50.2 Å². The lowest BCUT2D eigenvalue weighted by atomic mass is 9.80. The number of epoxide rings is 1. The van der Waals surface area contributed by atoms with Crippen molar-refractivity contribution >= 4 is 29.7 Å². The molecule has 41 heavy (non-hydrogen) atoms. The maximum atomic E-state index is 14.3. The van der Waals surface area contributed by atoms with E-state index in [1.807, 2.05) is 20.8 Å². The van der Waals surface area contributed by atoms with Gasteiger partial charge in [-0.1, -0.05) is 33.8 Å². The van der Waals surface area contributed by atoms with Crippen molar-refractivity contribution in [2.24, 2.45) is 29.1 Å². The van der Waals surface area contributed by atoms with Gasteiger partial charge in [0.2, 0.25) is 0 Å². The van der Waals surface area contributed by atoms with Gasteiger partial charge in [0.25, 0.3) is 0 Å². The Morgan fingerprint density at radius 3 is 1.98 bits per heavy atom. The molecular formula is C31H42O10. The zero-order chi connectivity index (χ0) is 30.8. The minimum absolute atomic E-state index is 0.233. The fourth-order valence-electron chi connectivity index (χ4n) is 7.54. The molecule has 4 aliphatic rings. The summed E-state index contributed by atoms with van der Waals surface area (Å²) in [5.41, 5.74) is -2.33. The van der Waals surface area contributed by atoms with Gasteiger partial charge in [0, 0.05) is 38.2 Å². The third-order valence-corrected chi connectivity index (χ3v) is 9.57. The van der Waals surface area contributed by atoms with Crippen molar-refractivity contribution in [3.63, 3.8) is 0 Å². The van der Waals surface area contributed by atoms with E-state index in [-0.39, 0.29) is 18.1 Å². The second-order valence-corrected chi connectivity index (χ2v) is 12.8. The summed E-state index contributed by atoms with van der Waals surface area (Å²) in [5.74, 6) is -4.30. The van der Waals surface area contributed by atoms with Crippen LogP contribution in [0.4, 0.5) is 0 Å². The van der Waals surface area contributed by atoms with Crippen LogP contribution in [0.2, 0.25) is 0 Å². The number of Topliss-reactive ketones (excluding diaryl/α,β-unsaturated/α-hetero) is 1. The molecule has 226 valence electrons. The van der Waals surface area contributed by atoms with Crippen LogP contribution in [0.25, 0.3) is 0 Å². The van der Waals surface area contributed by atoms with Gasteiger partial charge in [-0.25, -0.2) is 4.79 Å². The van der Waals surface area contributed by atoms with E-state index in [0.29, 0.717) is 11.1 Å². The second kappa shape index (κ2) is 10.4. The summed E-state index contributed by atoms with van der Waals surface area (Å²) in [5, 5.41) is 0. The van der Waals surface area contributed by atoms with Crippen molar-refractivity contribution in [3.05, 3.63) is 23.3 Å². The molecule has 0 spiro atoms. The van der Waals surface area contributed by atoms with Gasteiger partial charge in [0.05, 0.1) is 5.92 Å². The lowest BCUT2D eigenvalue weighted by Crippen LogP contribution is -2.43. The molecule has 1 unspecified atom stereocenters. The summed E-state index contributed by atoms with van der Waals surface area (Å²) in [4.78, 5) is 64.4. The highest BCUT2D eigenvalue weighted by Crippen LogP contribution is 2.68. The predicted molar refractivity (Wildman–Crippen MR) is 145 cm³/mol. The normalized spacial score (nSPS) is 42.1. The number of esters is 4.